The Morgan fingerprint density at radius 3 is 2.04 bits per heavy atom. The van der Waals surface area contributed by atoms with Gasteiger partial charge in [0, 0.05) is 0 Å². The minimum absolute atomic E-state index is 0.765. The average Bonchev–Trinajstić information content (AvgIpc) is 2.68. The summed E-state index contributed by atoms with van der Waals surface area (Å²) in [5, 5.41) is 0. The average molecular weight is 333 g/mol. The molecule has 0 aliphatic heterocycles. The molecule has 3 rings (SSSR count). The van der Waals surface area contributed by atoms with E-state index in [0.29, 0.717) is 0 Å². The largest absolute Gasteiger partial charge is 0.103 e. The molecule has 132 valence electrons. The van der Waals surface area contributed by atoms with Crippen LogP contribution in [0.4, 0.5) is 0 Å². The number of benzene rings is 2. The van der Waals surface area contributed by atoms with E-state index in [1.54, 1.807) is 0 Å². The van der Waals surface area contributed by atoms with Crippen LogP contribution in [-0.2, 0) is 6.42 Å². The van der Waals surface area contributed by atoms with Crippen molar-refractivity contribution in [1.82, 2.24) is 0 Å². The quantitative estimate of drug-likeness (QED) is 0.459. The molecule has 1 aliphatic carbocycles. The molecule has 0 bridgehead atoms. The van der Waals surface area contributed by atoms with Gasteiger partial charge in [0.05, 0.1) is 0 Å². The molecule has 1 saturated carbocycles. The van der Waals surface area contributed by atoms with Crippen molar-refractivity contribution in [3.63, 3.8) is 0 Å². The van der Waals surface area contributed by atoms with Crippen molar-refractivity contribution >= 4 is 0 Å². The normalized spacial score (nSPS) is 20.4. The summed E-state index contributed by atoms with van der Waals surface area (Å²) in [4.78, 5) is 0. The SMILES string of the molecule is C=CCCC1CCC(c2ccc(-c3ccc(CCC)cc3)cc2)CC1. The minimum Gasteiger partial charge on any atom is -0.103 e. The van der Waals surface area contributed by atoms with Gasteiger partial charge in [-0.3, -0.25) is 0 Å². The monoisotopic (exact) mass is 332 g/mol. The molecule has 0 aromatic heterocycles. The van der Waals surface area contributed by atoms with Gasteiger partial charge in [0.1, 0.15) is 0 Å². The lowest BCUT2D eigenvalue weighted by Crippen LogP contribution is -2.13. The fraction of sp³-hybridized carbons (Fsp3) is 0.440. The van der Waals surface area contributed by atoms with Crippen LogP contribution in [0.5, 0.6) is 0 Å². The highest BCUT2D eigenvalue weighted by atomic mass is 14.3. The van der Waals surface area contributed by atoms with Gasteiger partial charge in [-0.1, -0.05) is 68.0 Å². The van der Waals surface area contributed by atoms with Crippen molar-refractivity contribution in [3.8, 4) is 11.1 Å². The number of hydrogen-bond donors (Lipinski definition) is 0. The molecule has 0 radical (unpaired) electrons. The standard InChI is InChI=1S/C25H32/c1-3-5-7-21-10-14-23(15-11-21)25-18-16-24(17-19-25)22-12-8-20(6-4-2)9-13-22/h3,8-9,12-13,16-19,21,23H,1,4-7,10-11,14-15H2,2H3. The zero-order chi connectivity index (χ0) is 17.5. The molecule has 0 atom stereocenters. The number of aryl methyl sites for hydroxylation is 1. The maximum Gasteiger partial charge on any atom is -0.0162 e. The summed E-state index contributed by atoms with van der Waals surface area (Å²) in [6.45, 7) is 6.09. The van der Waals surface area contributed by atoms with Gasteiger partial charge in [0.15, 0.2) is 0 Å². The van der Waals surface area contributed by atoms with Gasteiger partial charge < -0.3 is 0 Å². The summed E-state index contributed by atoms with van der Waals surface area (Å²) in [7, 11) is 0. The predicted octanol–water partition coefficient (Wildman–Crippen LogP) is 7.55. The van der Waals surface area contributed by atoms with E-state index in [-0.39, 0.29) is 0 Å². The van der Waals surface area contributed by atoms with E-state index >= 15 is 0 Å². The first kappa shape index (κ1) is 18.0. The maximum absolute atomic E-state index is 3.85. The van der Waals surface area contributed by atoms with E-state index in [4.69, 9.17) is 0 Å². The Balaban J connectivity index is 1.60. The molecule has 0 amide bonds. The number of allylic oxidation sites excluding steroid dienone is 1. The molecule has 25 heavy (non-hydrogen) atoms. The third-order valence-electron chi connectivity index (χ3n) is 5.83. The van der Waals surface area contributed by atoms with E-state index in [2.05, 4.69) is 68.1 Å². The first-order valence-corrected chi connectivity index (χ1v) is 10.1. The van der Waals surface area contributed by atoms with Crippen LogP contribution < -0.4 is 0 Å². The summed E-state index contributed by atoms with van der Waals surface area (Å²) >= 11 is 0. The highest BCUT2D eigenvalue weighted by Gasteiger charge is 2.21. The number of hydrogen-bond acceptors (Lipinski definition) is 0. The molecular formula is C25H32. The Kier molecular flexibility index (Phi) is 6.50. The lowest BCUT2D eigenvalue weighted by molar-refractivity contribution is 0.312. The van der Waals surface area contributed by atoms with Crippen LogP contribution in [-0.4, -0.2) is 0 Å². The van der Waals surface area contributed by atoms with Crippen molar-refractivity contribution in [1.29, 1.82) is 0 Å². The highest BCUT2D eigenvalue weighted by Crippen LogP contribution is 2.38. The molecule has 1 aliphatic rings. The van der Waals surface area contributed by atoms with Crippen LogP contribution >= 0.6 is 0 Å². The van der Waals surface area contributed by atoms with Crippen molar-refractivity contribution in [3.05, 3.63) is 72.3 Å². The van der Waals surface area contributed by atoms with Gasteiger partial charge in [0.25, 0.3) is 0 Å². The molecule has 0 spiro atoms. The van der Waals surface area contributed by atoms with Crippen molar-refractivity contribution in [2.75, 3.05) is 0 Å². The summed E-state index contributed by atoms with van der Waals surface area (Å²) in [6, 6.07) is 18.4. The number of rotatable bonds is 7. The third-order valence-corrected chi connectivity index (χ3v) is 5.83. The second-order valence-electron chi connectivity index (χ2n) is 7.65. The van der Waals surface area contributed by atoms with E-state index in [0.717, 1.165) is 11.8 Å². The Morgan fingerprint density at radius 2 is 1.48 bits per heavy atom. The van der Waals surface area contributed by atoms with Gasteiger partial charge in [-0.2, -0.15) is 0 Å². The van der Waals surface area contributed by atoms with E-state index in [1.165, 1.54) is 73.6 Å². The molecular weight excluding hydrogens is 300 g/mol. The lowest BCUT2D eigenvalue weighted by atomic mass is 9.77. The van der Waals surface area contributed by atoms with E-state index < -0.39 is 0 Å². The fourth-order valence-corrected chi connectivity index (χ4v) is 4.24. The van der Waals surface area contributed by atoms with Crippen LogP contribution in [0.2, 0.25) is 0 Å². The van der Waals surface area contributed by atoms with Crippen LogP contribution in [0.15, 0.2) is 61.2 Å². The van der Waals surface area contributed by atoms with E-state index in [9.17, 15) is 0 Å². The summed E-state index contributed by atoms with van der Waals surface area (Å²) in [6.07, 6.45) is 12.5. The maximum atomic E-state index is 3.85. The first-order valence-electron chi connectivity index (χ1n) is 10.1. The molecule has 0 unspecified atom stereocenters. The lowest BCUT2D eigenvalue weighted by Gasteiger charge is -2.28. The summed E-state index contributed by atoms with van der Waals surface area (Å²) in [5.41, 5.74) is 5.65. The van der Waals surface area contributed by atoms with E-state index in [1.807, 2.05) is 0 Å². The smallest absolute Gasteiger partial charge is 0.0162 e. The predicted molar refractivity (Wildman–Crippen MR) is 110 cm³/mol. The Morgan fingerprint density at radius 1 is 0.880 bits per heavy atom. The topological polar surface area (TPSA) is 0 Å². The zero-order valence-electron chi connectivity index (χ0n) is 15.7. The summed E-state index contributed by atoms with van der Waals surface area (Å²) < 4.78 is 0. The van der Waals surface area contributed by atoms with Crippen LogP contribution in [0.25, 0.3) is 11.1 Å². The molecule has 0 heteroatoms. The highest BCUT2D eigenvalue weighted by molar-refractivity contribution is 5.64. The van der Waals surface area contributed by atoms with Crippen molar-refractivity contribution in [2.45, 2.75) is 64.2 Å². The summed E-state index contributed by atoms with van der Waals surface area (Å²) in [5.74, 6) is 1.69. The Labute approximate surface area is 154 Å². The van der Waals surface area contributed by atoms with Crippen LogP contribution in [0, 0.1) is 5.92 Å². The molecule has 1 fully saturated rings. The second-order valence-corrected chi connectivity index (χ2v) is 7.65. The molecule has 2 aromatic carbocycles. The van der Waals surface area contributed by atoms with Gasteiger partial charge >= 0.3 is 0 Å². The second kappa shape index (κ2) is 9.04. The molecule has 0 saturated heterocycles. The first-order chi connectivity index (χ1) is 12.3. The zero-order valence-corrected chi connectivity index (χ0v) is 15.7. The van der Waals surface area contributed by atoms with Gasteiger partial charge in [-0.05, 0) is 79.0 Å². The molecule has 0 heterocycles. The molecule has 2 aromatic rings. The minimum atomic E-state index is 0.765. The molecule has 0 N–H and O–H groups in total. The Bertz CT molecular complexity index is 639. The third kappa shape index (κ3) is 4.84. The fourth-order valence-electron chi connectivity index (χ4n) is 4.24. The van der Waals surface area contributed by atoms with Gasteiger partial charge in [0.2, 0.25) is 0 Å². The van der Waals surface area contributed by atoms with Crippen molar-refractivity contribution < 1.29 is 0 Å². The van der Waals surface area contributed by atoms with Gasteiger partial charge in [-0.25, -0.2) is 0 Å². The van der Waals surface area contributed by atoms with Gasteiger partial charge in [-0.15, -0.1) is 6.58 Å². The van der Waals surface area contributed by atoms with Crippen molar-refractivity contribution in [2.24, 2.45) is 5.92 Å². The Hall–Kier alpha value is -1.82. The van der Waals surface area contributed by atoms with Crippen LogP contribution in [0.3, 0.4) is 0 Å². The van der Waals surface area contributed by atoms with Crippen LogP contribution in [0.1, 0.15) is 68.9 Å². The molecule has 0 nitrogen and oxygen atoms in total.